The van der Waals surface area contributed by atoms with Crippen molar-refractivity contribution in [3.8, 4) is 6.07 Å². The van der Waals surface area contributed by atoms with Crippen molar-refractivity contribution in [2.75, 3.05) is 5.32 Å². The molecule has 22 heavy (non-hydrogen) atoms. The van der Waals surface area contributed by atoms with Crippen molar-refractivity contribution in [1.82, 2.24) is 4.98 Å². The van der Waals surface area contributed by atoms with Gasteiger partial charge in [0.2, 0.25) is 5.91 Å². The smallest absolute Gasteiger partial charge is 0.248 e. The van der Waals surface area contributed by atoms with Crippen molar-refractivity contribution < 1.29 is 4.79 Å². The molecule has 0 aliphatic rings. The molecule has 3 rings (SSSR count). The third-order valence-electron chi connectivity index (χ3n) is 3.29. The molecule has 4 nitrogen and oxygen atoms in total. The van der Waals surface area contributed by atoms with Gasteiger partial charge in [-0.15, -0.1) is 0 Å². The highest BCUT2D eigenvalue weighted by Gasteiger charge is 2.02. The number of carbonyl (C=O) groups is 1. The van der Waals surface area contributed by atoms with E-state index >= 15 is 0 Å². The topological polar surface area (TPSA) is 68.7 Å². The van der Waals surface area contributed by atoms with Crippen molar-refractivity contribution in [3.63, 3.8) is 0 Å². The fraction of sp³-hybridized carbons (Fsp3) is 0. The molecule has 3 aromatic rings. The Balaban J connectivity index is 1.75. The molecule has 0 aliphatic heterocycles. The van der Waals surface area contributed by atoms with Gasteiger partial charge in [-0.05, 0) is 35.9 Å². The number of fused-ring (bicyclic) bond motifs is 1. The third kappa shape index (κ3) is 2.89. The Bertz CT molecular complexity index is 900. The Kier molecular flexibility index (Phi) is 3.71. The molecule has 2 aromatic carbocycles. The number of aromatic amines is 1. The Morgan fingerprint density at radius 1 is 1.18 bits per heavy atom. The fourth-order valence-electron chi connectivity index (χ4n) is 2.25. The highest BCUT2D eigenvalue weighted by molar-refractivity contribution is 6.03. The van der Waals surface area contributed by atoms with E-state index in [1.165, 1.54) is 6.08 Å². The summed E-state index contributed by atoms with van der Waals surface area (Å²) in [5.74, 6) is -0.236. The number of nitriles is 1. The minimum Gasteiger partial charge on any atom is -0.361 e. The predicted molar refractivity (Wildman–Crippen MR) is 87.1 cm³/mol. The number of H-pyrrole nitrogens is 1. The van der Waals surface area contributed by atoms with E-state index in [2.05, 4.69) is 10.3 Å². The van der Waals surface area contributed by atoms with E-state index in [-0.39, 0.29) is 5.91 Å². The quantitative estimate of drug-likeness (QED) is 0.721. The molecule has 2 N–H and O–H groups in total. The second-order valence-electron chi connectivity index (χ2n) is 4.80. The van der Waals surface area contributed by atoms with Crippen LogP contribution in [0.15, 0.2) is 60.8 Å². The summed E-state index contributed by atoms with van der Waals surface area (Å²) in [7, 11) is 0. The first-order chi connectivity index (χ1) is 10.8. The molecule has 4 heteroatoms. The first kappa shape index (κ1) is 13.7. The average molecular weight is 287 g/mol. The number of rotatable bonds is 3. The highest BCUT2D eigenvalue weighted by Crippen LogP contribution is 2.19. The Morgan fingerprint density at radius 2 is 2.05 bits per heavy atom. The molecule has 0 saturated carbocycles. The Hall–Kier alpha value is -3.32. The van der Waals surface area contributed by atoms with Gasteiger partial charge in [-0.2, -0.15) is 5.26 Å². The van der Waals surface area contributed by atoms with Crippen LogP contribution in [0.5, 0.6) is 0 Å². The summed E-state index contributed by atoms with van der Waals surface area (Å²) in [5.41, 5.74) is 3.10. The van der Waals surface area contributed by atoms with Gasteiger partial charge in [-0.3, -0.25) is 4.79 Å². The number of nitrogens with zero attached hydrogens (tertiary/aromatic N) is 1. The standard InChI is InChI=1S/C18H13N3O/c19-11-13-4-3-5-15(10-13)21-18(22)9-8-14-12-20-17-7-2-1-6-16(14)17/h1-10,12,20H,(H,21,22)/b9-8+. The number of aromatic nitrogens is 1. The van der Waals surface area contributed by atoms with Crippen molar-refractivity contribution in [3.05, 3.63) is 71.9 Å². The van der Waals surface area contributed by atoms with Crippen LogP contribution in [0.4, 0.5) is 5.69 Å². The van der Waals surface area contributed by atoms with Crippen LogP contribution in [0.1, 0.15) is 11.1 Å². The first-order valence-corrected chi connectivity index (χ1v) is 6.81. The number of hydrogen-bond donors (Lipinski definition) is 2. The van der Waals surface area contributed by atoms with Crippen LogP contribution in [0.2, 0.25) is 0 Å². The van der Waals surface area contributed by atoms with Gasteiger partial charge in [0.25, 0.3) is 0 Å². The Morgan fingerprint density at radius 3 is 2.91 bits per heavy atom. The number of amides is 1. The molecule has 0 bridgehead atoms. The molecule has 1 amide bonds. The number of benzene rings is 2. The second kappa shape index (κ2) is 5.98. The first-order valence-electron chi connectivity index (χ1n) is 6.81. The van der Waals surface area contributed by atoms with Gasteiger partial charge in [-0.1, -0.05) is 24.3 Å². The zero-order valence-corrected chi connectivity index (χ0v) is 11.7. The molecular formula is C18H13N3O. The van der Waals surface area contributed by atoms with Gasteiger partial charge in [0, 0.05) is 28.9 Å². The maximum Gasteiger partial charge on any atom is 0.248 e. The molecule has 0 radical (unpaired) electrons. The average Bonchev–Trinajstić information content (AvgIpc) is 2.96. The summed E-state index contributed by atoms with van der Waals surface area (Å²) in [6, 6.07) is 16.8. The second-order valence-corrected chi connectivity index (χ2v) is 4.80. The van der Waals surface area contributed by atoms with E-state index in [1.54, 1.807) is 30.3 Å². The molecule has 0 unspecified atom stereocenters. The molecule has 0 saturated heterocycles. The van der Waals surface area contributed by atoms with E-state index in [0.717, 1.165) is 16.5 Å². The number of nitrogens with one attached hydrogen (secondary N) is 2. The molecule has 0 spiro atoms. The predicted octanol–water partition coefficient (Wildman–Crippen LogP) is 3.69. The summed E-state index contributed by atoms with van der Waals surface area (Å²) in [6.07, 6.45) is 5.11. The van der Waals surface area contributed by atoms with E-state index in [9.17, 15) is 4.79 Å². The van der Waals surface area contributed by atoms with Crippen molar-refractivity contribution in [1.29, 1.82) is 5.26 Å². The molecule has 0 fully saturated rings. The number of para-hydroxylation sites is 1. The molecule has 0 atom stereocenters. The normalized spacial score (nSPS) is 10.7. The van der Waals surface area contributed by atoms with Crippen LogP contribution in [0.3, 0.4) is 0 Å². The van der Waals surface area contributed by atoms with E-state index < -0.39 is 0 Å². The van der Waals surface area contributed by atoms with Gasteiger partial charge in [0.15, 0.2) is 0 Å². The lowest BCUT2D eigenvalue weighted by molar-refractivity contribution is -0.111. The van der Waals surface area contributed by atoms with Crippen LogP contribution in [-0.4, -0.2) is 10.9 Å². The summed E-state index contributed by atoms with van der Waals surface area (Å²) in [4.78, 5) is 15.1. The summed E-state index contributed by atoms with van der Waals surface area (Å²) < 4.78 is 0. The van der Waals surface area contributed by atoms with Crippen LogP contribution in [0.25, 0.3) is 17.0 Å². The maximum absolute atomic E-state index is 12.0. The minimum atomic E-state index is -0.236. The molecular weight excluding hydrogens is 274 g/mol. The van der Waals surface area contributed by atoms with E-state index in [0.29, 0.717) is 11.3 Å². The van der Waals surface area contributed by atoms with Crippen LogP contribution < -0.4 is 5.32 Å². The van der Waals surface area contributed by atoms with Crippen LogP contribution in [0, 0.1) is 11.3 Å². The van der Waals surface area contributed by atoms with E-state index in [1.807, 2.05) is 36.5 Å². The molecule has 0 aliphatic carbocycles. The zero-order valence-electron chi connectivity index (χ0n) is 11.7. The molecule has 1 heterocycles. The third-order valence-corrected chi connectivity index (χ3v) is 3.29. The van der Waals surface area contributed by atoms with Crippen LogP contribution >= 0.6 is 0 Å². The summed E-state index contributed by atoms with van der Waals surface area (Å²) in [6.45, 7) is 0. The lowest BCUT2D eigenvalue weighted by Gasteiger charge is -2.01. The zero-order chi connectivity index (χ0) is 15.4. The van der Waals surface area contributed by atoms with Gasteiger partial charge < -0.3 is 10.3 Å². The number of anilines is 1. The monoisotopic (exact) mass is 287 g/mol. The van der Waals surface area contributed by atoms with Crippen molar-refractivity contribution >= 4 is 28.6 Å². The van der Waals surface area contributed by atoms with E-state index in [4.69, 9.17) is 5.26 Å². The maximum atomic E-state index is 12.0. The highest BCUT2D eigenvalue weighted by atomic mass is 16.1. The van der Waals surface area contributed by atoms with Gasteiger partial charge in [-0.25, -0.2) is 0 Å². The fourth-order valence-corrected chi connectivity index (χ4v) is 2.25. The SMILES string of the molecule is N#Cc1cccc(NC(=O)/C=C/c2c[nH]c3ccccc23)c1. The van der Waals surface area contributed by atoms with Gasteiger partial charge in [0.1, 0.15) is 0 Å². The molecule has 106 valence electrons. The Labute approximate surface area is 127 Å². The molecule has 1 aromatic heterocycles. The summed E-state index contributed by atoms with van der Waals surface area (Å²) >= 11 is 0. The number of hydrogen-bond acceptors (Lipinski definition) is 2. The number of carbonyl (C=O) groups excluding carboxylic acids is 1. The van der Waals surface area contributed by atoms with Gasteiger partial charge >= 0.3 is 0 Å². The minimum absolute atomic E-state index is 0.236. The van der Waals surface area contributed by atoms with Crippen molar-refractivity contribution in [2.45, 2.75) is 0 Å². The lowest BCUT2D eigenvalue weighted by atomic mass is 10.1. The summed E-state index contributed by atoms with van der Waals surface area (Å²) in [5, 5.41) is 12.7. The largest absolute Gasteiger partial charge is 0.361 e. The van der Waals surface area contributed by atoms with Gasteiger partial charge in [0.05, 0.1) is 11.6 Å². The van der Waals surface area contributed by atoms with Crippen LogP contribution in [-0.2, 0) is 4.79 Å². The van der Waals surface area contributed by atoms with Crippen molar-refractivity contribution in [2.24, 2.45) is 0 Å². The lowest BCUT2D eigenvalue weighted by Crippen LogP contribution is -2.07.